The third-order valence-corrected chi connectivity index (χ3v) is 18.7. The fourth-order valence-electron chi connectivity index (χ4n) is 11.6. The van der Waals surface area contributed by atoms with Crippen LogP contribution in [0, 0.1) is 11.8 Å². The highest BCUT2D eigenvalue weighted by Gasteiger charge is 2.44. The third kappa shape index (κ3) is 14.4. The molecule has 4 aliphatic heterocycles. The SMILES string of the molecule is CC(=O)NCc1ccc(C2CC[C@@H]3CN(c4nc(C(C)(C)C)ccc4C(=O)NS(=O)(=O)c4cccc(n4)N2)C(C)(C)C3)nc1.CC(C)(C)c1ccc2c(n1)N1C[C@@H](CCC(c3ccc(CN)cn3)Nc3cccc(n3)S(=O)(=O)NC2=O)CC1(C)C. The molecule has 21 nitrogen and oxygen atoms in total. The summed E-state index contributed by atoms with van der Waals surface area (Å²) in [5.74, 6) is 0.746. The van der Waals surface area contributed by atoms with E-state index in [1.807, 2.05) is 24.3 Å². The summed E-state index contributed by atoms with van der Waals surface area (Å²) in [6.07, 6.45) is 8.48. The van der Waals surface area contributed by atoms with Crippen molar-refractivity contribution in [2.24, 2.45) is 17.6 Å². The van der Waals surface area contributed by atoms with Gasteiger partial charge in [-0.1, -0.05) is 65.8 Å². The largest absolute Gasteiger partial charge is 0.362 e. The van der Waals surface area contributed by atoms with Gasteiger partial charge in [0.2, 0.25) is 5.91 Å². The highest BCUT2D eigenvalue weighted by molar-refractivity contribution is 7.90. The summed E-state index contributed by atoms with van der Waals surface area (Å²) < 4.78 is 58.1. The first kappa shape index (κ1) is 61.9. The second-order valence-electron chi connectivity index (χ2n) is 26.1. The molecule has 0 aromatic carbocycles. The summed E-state index contributed by atoms with van der Waals surface area (Å²) in [5, 5.41) is 9.06. The van der Waals surface area contributed by atoms with E-state index in [0.29, 0.717) is 61.8 Å². The second-order valence-corrected chi connectivity index (χ2v) is 29.3. The minimum Gasteiger partial charge on any atom is -0.362 e. The zero-order chi connectivity index (χ0) is 61.4. The van der Waals surface area contributed by atoms with Gasteiger partial charge in [0.25, 0.3) is 31.9 Å². The van der Waals surface area contributed by atoms with Crippen LogP contribution in [0.15, 0.2) is 107 Å². The van der Waals surface area contributed by atoms with E-state index >= 15 is 0 Å². The molecule has 6 aromatic heterocycles. The molecular formula is C62H80N14O7S2. The van der Waals surface area contributed by atoms with Crippen LogP contribution in [0.3, 0.4) is 0 Å². The summed E-state index contributed by atoms with van der Waals surface area (Å²) in [6, 6.07) is 23.6. The lowest BCUT2D eigenvalue weighted by Gasteiger charge is -2.34. The maximum absolute atomic E-state index is 13.6. The number of nitrogens with zero attached hydrogens (tertiary/aromatic N) is 8. The maximum atomic E-state index is 13.6. The van der Waals surface area contributed by atoms with E-state index in [0.717, 1.165) is 66.0 Å². The molecule has 10 heterocycles. The predicted molar refractivity (Wildman–Crippen MR) is 328 cm³/mol. The number of nitrogens with two attached hydrogens (primary N) is 1. The molecule has 6 aromatic rings. The van der Waals surface area contributed by atoms with Crippen molar-refractivity contribution in [1.82, 2.24) is 44.7 Å². The zero-order valence-electron chi connectivity index (χ0n) is 50.4. The van der Waals surface area contributed by atoms with Crippen molar-refractivity contribution in [2.45, 2.75) is 172 Å². The number of fused-ring (bicyclic) bond motifs is 12. The van der Waals surface area contributed by atoms with E-state index in [-0.39, 0.29) is 67.0 Å². The number of amides is 3. The van der Waals surface area contributed by atoms with Crippen LogP contribution in [0.5, 0.6) is 0 Å². The van der Waals surface area contributed by atoms with Gasteiger partial charge in [-0.3, -0.25) is 24.4 Å². The Morgan fingerprint density at radius 3 is 1.40 bits per heavy atom. The molecule has 2 fully saturated rings. The Balaban J connectivity index is 0.000000204. The van der Waals surface area contributed by atoms with Gasteiger partial charge in [-0.15, -0.1) is 0 Å². The topological polar surface area (TPSA) is 289 Å². The second kappa shape index (κ2) is 24.0. The van der Waals surface area contributed by atoms with Crippen molar-refractivity contribution in [3.8, 4) is 0 Å². The summed E-state index contributed by atoms with van der Waals surface area (Å²) in [6.45, 7) is 24.6. The lowest BCUT2D eigenvalue weighted by molar-refractivity contribution is -0.119. The van der Waals surface area contributed by atoms with E-state index < -0.39 is 31.9 Å². The first-order valence-electron chi connectivity index (χ1n) is 28.9. The van der Waals surface area contributed by atoms with Gasteiger partial charge >= 0.3 is 0 Å². The van der Waals surface area contributed by atoms with Crippen molar-refractivity contribution in [3.63, 3.8) is 0 Å². The first-order valence-corrected chi connectivity index (χ1v) is 31.9. The Kier molecular flexibility index (Phi) is 17.5. The first-order chi connectivity index (χ1) is 39.9. The third-order valence-electron chi connectivity index (χ3n) is 16.2. The average Bonchev–Trinajstić information content (AvgIpc) is 1.88. The summed E-state index contributed by atoms with van der Waals surface area (Å²) >= 11 is 0. The number of pyridine rings is 6. The van der Waals surface area contributed by atoms with Crippen LogP contribution >= 0.6 is 0 Å². The van der Waals surface area contributed by atoms with Gasteiger partial charge in [0.05, 0.1) is 34.6 Å². The standard InChI is InChI=1S/C32H41N7O4S.C30H39N7O3S/c1-20(40)33-17-22-11-13-24(34-18-22)25-14-10-21-16-32(5,6)39(19-21)29-23(12-15-26(36-29)31(2,3)4)30(41)38-44(42,43)28-9-7-8-27(35-25)37-28;1-29(2,3)24-14-11-21-27(34-24)37-18-19(15-30(37,4)5)9-13-23(22-12-10-20(16-31)17-32-22)33-25-7-6-8-26(35-25)41(39,40)36-28(21)38/h7-9,11-13,15,18,21,25H,10,14,16-17,19H2,1-6H3,(H,33,40)(H,35,37)(H,38,41);6-8,10-12,14,17,19,23H,9,13,15-16,18,31H2,1-5H3,(H,33,35)(H,36,38)/t21-,25?;19-,23?/m00/s1. The van der Waals surface area contributed by atoms with E-state index in [2.05, 4.69) is 119 Å². The number of hydrogen-bond acceptors (Lipinski definition) is 18. The van der Waals surface area contributed by atoms with Gasteiger partial charge in [-0.25, -0.2) is 29.4 Å². The molecule has 4 aliphatic rings. The molecule has 7 N–H and O–H groups in total. The summed E-state index contributed by atoms with van der Waals surface area (Å²) in [7, 11) is -8.57. The molecule has 3 amide bonds. The number of rotatable bonds is 5. The van der Waals surface area contributed by atoms with Crippen LogP contribution in [0.1, 0.15) is 181 Å². The van der Waals surface area contributed by atoms with Crippen LogP contribution in [0.2, 0.25) is 0 Å². The number of hydrogen-bond donors (Lipinski definition) is 6. The number of aromatic nitrogens is 6. The van der Waals surface area contributed by atoms with Crippen molar-refractivity contribution in [1.29, 1.82) is 0 Å². The quantitative estimate of drug-likeness (QED) is 0.0940. The van der Waals surface area contributed by atoms with Gasteiger partial charge in [0.1, 0.15) is 23.3 Å². The van der Waals surface area contributed by atoms with Crippen molar-refractivity contribution >= 4 is 61.0 Å². The zero-order valence-corrected chi connectivity index (χ0v) is 52.1. The lowest BCUT2D eigenvalue weighted by atomic mass is 9.90. The number of carbonyl (C=O) groups is 3. The Morgan fingerprint density at radius 2 is 1.02 bits per heavy atom. The molecule has 0 saturated carbocycles. The number of anilines is 4. The molecule has 2 saturated heterocycles. The molecular weight excluding hydrogens is 1120 g/mol. The highest BCUT2D eigenvalue weighted by Crippen LogP contribution is 2.43. The number of sulfonamides is 2. The molecule has 2 unspecified atom stereocenters. The summed E-state index contributed by atoms with van der Waals surface area (Å²) in [5.41, 5.74) is 10.1. The van der Waals surface area contributed by atoms with Gasteiger partial charge in [-0.2, -0.15) is 16.8 Å². The Morgan fingerprint density at radius 1 is 0.600 bits per heavy atom. The van der Waals surface area contributed by atoms with Crippen molar-refractivity contribution < 1.29 is 31.2 Å². The van der Waals surface area contributed by atoms with Gasteiger partial charge in [-0.05, 0) is 150 Å². The molecule has 8 bridgehead atoms. The lowest BCUT2D eigenvalue weighted by Crippen LogP contribution is -2.41. The van der Waals surface area contributed by atoms with Crippen LogP contribution in [-0.4, -0.2) is 88.6 Å². The molecule has 0 aliphatic carbocycles. The van der Waals surface area contributed by atoms with Crippen LogP contribution < -0.4 is 40.9 Å². The van der Waals surface area contributed by atoms with Crippen LogP contribution in [0.25, 0.3) is 0 Å². The van der Waals surface area contributed by atoms with Crippen LogP contribution in [0.4, 0.5) is 23.3 Å². The Bertz CT molecular complexity index is 3700. The molecule has 452 valence electrons. The maximum Gasteiger partial charge on any atom is 0.281 e. The minimum atomic E-state index is -4.30. The van der Waals surface area contributed by atoms with E-state index in [4.69, 9.17) is 20.7 Å². The van der Waals surface area contributed by atoms with Crippen molar-refractivity contribution in [2.75, 3.05) is 33.5 Å². The van der Waals surface area contributed by atoms with E-state index in [9.17, 15) is 31.2 Å². The van der Waals surface area contributed by atoms with Crippen LogP contribution in [-0.2, 0) is 48.8 Å². The Labute approximate surface area is 499 Å². The summed E-state index contributed by atoms with van der Waals surface area (Å²) in [4.78, 5) is 70.9. The molecule has 10 rings (SSSR count). The number of carbonyl (C=O) groups excluding carboxylic acids is 3. The average molecular weight is 1200 g/mol. The minimum absolute atomic E-state index is 0.115. The van der Waals surface area contributed by atoms with E-state index in [1.54, 1.807) is 60.9 Å². The molecule has 0 spiro atoms. The highest BCUT2D eigenvalue weighted by atomic mass is 32.2. The molecule has 4 atom stereocenters. The Hall–Kier alpha value is -7.63. The molecule has 0 radical (unpaired) electrons. The smallest absolute Gasteiger partial charge is 0.281 e. The number of nitrogens with one attached hydrogen (secondary N) is 5. The van der Waals surface area contributed by atoms with Crippen molar-refractivity contribution in [3.05, 3.63) is 142 Å². The van der Waals surface area contributed by atoms with Gasteiger partial charge < -0.3 is 31.5 Å². The predicted octanol–water partition coefficient (Wildman–Crippen LogP) is 8.77. The van der Waals surface area contributed by atoms with E-state index in [1.165, 1.54) is 19.1 Å². The van der Waals surface area contributed by atoms with Gasteiger partial charge in [0.15, 0.2) is 10.1 Å². The normalized spacial score (nSPS) is 21.6. The fraction of sp³-hybridized carbons (Fsp3) is 0.468. The molecule has 85 heavy (non-hydrogen) atoms. The monoisotopic (exact) mass is 1200 g/mol. The molecule has 23 heteroatoms. The fourth-order valence-corrected chi connectivity index (χ4v) is 13.5. The van der Waals surface area contributed by atoms with Gasteiger partial charge in [0, 0.05) is 78.8 Å².